The van der Waals surface area contributed by atoms with E-state index in [9.17, 15) is 14.0 Å². The van der Waals surface area contributed by atoms with Crippen LogP contribution in [0.4, 0.5) is 4.39 Å². The first-order valence-corrected chi connectivity index (χ1v) is 10.1. The van der Waals surface area contributed by atoms with Crippen LogP contribution in [-0.4, -0.2) is 29.5 Å². The molecule has 0 bridgehead atoms. The van der Waals surface area contributed by atoms with Gasteiger partial charge >= 0.3 is 5.97 Å². The van der Waals surface area contributed by atoms with Crippen LogP contribution in [0.25, 0.3) is 0 Å². The Morgan fingerprint density at radius 2 is 1.90 bits per heavy atom. The van der Waals surface area contributed by atoms with Crippen molar-refractivity contribution in [2.24, 2.45) is 0 Å². The van der Waals surface area contributed by atoms with Gasteiger partial charge in [-0.1, -0.05) is 18.2 Å². The Labute approximate surface area is 172 Å². The first-order chi connectivity index (χ1) is 14.0. The summed E-state index contributed by atoms with van der Waals surface area (Å²) in [7, 11) is 0. The van der Waals surface area contributed by atoms with Gasteiger partial charge in [0.05, 0.1) is 0 Å². The van der Waals surface area contributed by atoms with Crippen LogP contribution < -0.4 is 4.74 Å². The summed E-state index contributed by atoms with van der Waals surface area (Å²) in [5.74, 6) is -1.61. The van der Waals surface area contributed by atoms with E-state index in [1.54, 1.807) is 17.4 Å². The molecule has 2 aromatic heterocycles. The number of carbonyl (C=O) groups is 2. The number of thiophene rings is 1. The monoisotopic (exact) mass is 415 g/mol. The number of para-hydroxylation sites is 1. The number of halogens is 1. The summed E-state index contributed by atoms with van der Waals surface area (Å²) in [6.45, 7) is 3.77. The Balaban J connectivity index is 1.53. The topological polar surface area (TPSA) is 57.5 Å². The average molecular weight is 415 g/mol. The summed E-state index contributed by atoms with van der Waals surface area (Å²) in [6, 6.07) is 11.7. The largest absolute Gasteiger partial charge is 0.479 e. The zero-order valence-electron chi connectivity index (χ0n) is 16.3. The SMILES string of the molecule is Cc1cc(C(=O)COC(=O)COc2ccccc2F)c(C)n1CCc1cccs1. The Morgan fingerprint density at radius 1 is 1.10 bits per heavy atom. The van der Waals surface area contributed by atoms with Gasteiger partial charge in [-0.2, -0.15) is 0 Å². The molecule has 3 rings (SSSR count). The Hall–Kier alpha value is -2.93. The van der Waals surface area contributed by atoms with Crippen LogP contribution in [0, 0.1) is 19.7 Å². The van der Waals surface area contributed by atoms with E-state index in [-0.39, 0.29) is 18.1 Å². The van der Waals surface area contributed by atoms with Gasteiger partial charge in [0.25, 0.3) is 0 Å². The number of carbonyl (C=O) groups excluding carboxylic acids is 2. The fourth-order valence-corrected chi connectivity index (χ4v) is 3.77. The van der Waals surface area contributed by atoms with E-state index in [0.717, 1.165) is 24.4 Å². The molecular formula is C22H22FNO4S. The highest BCUT2D eigenvalue weighted by Gasteiger charge is 2.18. The Bertz CT molecular complexity index is 994. The molecule has 0 spiro atoms. The first kappa shape index (κ1) is 20.8. The number of hydrogen-bond acceptors (Lipinski definition) is 5. The standard InChI is InChI=1S/C22H22FNO4S/c1-15-12-18(16(2)24(15)10-9-17-6-5-11-29-17)20(25)13-28-22(26)14-27-21-8-4-3-7-19(21)23/h3-8,11-12H,9-10,13-14H2,1-2H3. The molecular weight excluding hydrogens is 393 g/mol. The summed E-state index contributed by atoms with van der Waals surface area (Å²) in [4.78, 5) is 25.6. The molecule has 1 aromatic carbocycles. The maximum Gasteiger partial charge on any atom is 0.344 e. The van der Waals surface area contributed by atoms with Crippen LogP contribution in [-0.2, 0) is 22.5 Å². The number of rotatable bonds is 9. The molecule has 0 aliphatic heterocycles. The van der Waals surface area contributed by atoms with Gasteiger partial charge in [0.15, 0.2) is 24.8 Å². The number of esters is 1. The lowest BCUT2D eigenvalue weighted by atomic mass is 10.1. The molecule has 5 nitrogen and oxygen atoms in total. The number of aromatic nitrogens is 1. The van der Waals surface area contributed by atoms with Crippen molar-refractivity contribution in [3.05, 3.63) is 75.5 Å². The molecule has 0 amide bonds. The number of nitrogens with zero attached hydrogens (tertiary/aromatic N) is 1. The lowest BCUT2D eigenvalue weighted by molar-refractivity contribution is -0.144. The zero-order chi connectivity index (χ0) is 20.8. The van der Waals surface area contributed by atoms with E-state index in [0.29, 0.717) is 5.56 Å². The van der Waals surface area contributed by atoms with Crippen molar-refractivity contribution in [3.63, 3.8) is 0 Å². The van der Waals surface area contributed by atoms with E-state index < -0.39 is 18.4 Å². The molecule has 0 atom stereocenters. The zero-order valence-corrected chi connectivity index (χ0v) is 17.1. The second-order valence-corrected chi connectivity index (χ2v) is 7.60. The second kappa shape index (κ2) is 9.52. The highest BCUT2D eigenvalue weighted by atomic mass is 32.1. The van der Waals surface area contributed by atoms with Gasteiger partial charge in [0.2, 0.25) is 5.78 Å². The van der Waals surface area contributed by atoms with Gasteiger partial charge in [0, 0.05) is 28.4 Å². The van der Waals surface area contributed by atoms with Crippen molar-refractivity contribution in [3.8, 4) is 5.75 Å². The van der Waals surface area contributed by atoms with Crippen LogP contribution in [0.2, 0.25) is 0 Å². The molecule has 0 radical (unpaired) electrons. The van der Waals surface area contributed by atoms with Crippen molar-refractivity contribution in [1.82, 2.24) is 4.57 Å². The Kier molecular flexibility index (Phi) is 6.82. The van der Waals surface area contributed by atoms with E-state index in [1.807, 2.05) is 31.4 Å². The lowest BCUT2D eigenvalue weighted by Gasteiger charge is -2.09. The fourth-order valence-electron chi connectivity index (χ4n) is 3.07. The number of aryl methyl sites for hydroxylation is 2. The average Bonchev–Trinajstić information content (AvgIpc) is 3.32. The van der Waals surface area contributed by atoms with Gasteiger partial charge in [0.1, 0.15) is 0 Å². The van der Waals surface area contributed by atoms with E-state index >= 15 is 0 Å². The molecule has 0 aliphatic carbocycles. The van der Waals surface area contributed by atoms with Crippen LogP contribution >= 0.6 is 11.3 Å². The van der Waals surface area contributed by atoms with Crippen LogP contribution in [0.1, 0.15) is 26.6 Å². The second-order valence-electron chi connectivity index (χ2n) is 6.57. The molecule has 0 saturated carbocycles. The van der Waals surface area contributed by atoms with Crippen LogP contribution in [0.5, 0.6) is 5.75 Å². The molecule has 0 N–H and O–H groups in total. The van der Waals surface area contributed by atoms with Gasteiger partial charge < -0.3 is 14.0 Å². The van der Waals surface area contributed by atoms with Crippen molar-refractivity contribution >= 4 is 23.1 Å². The minimum atomic E-state index is -0.729. The maximum absolute atomic E-state index is 13.5. The van der Waals surface area contributed by atoms with E-state index in [4.69, 9.17) is 9.47 Å². The first-order valence-electron chi connectivity index (χ1n) is 9.21. The molecule has 0 aliphatic rings. The minimum Gasteiger partial charge on any atom is -0.479 e. The lowest BCUT2D eigenvalue weighted by Crippen LogP contribution is -2.20. The summed E-state index contributed by atoms with van der Waals surface area (Å²) in [6.07, 6.45) is 0.893. The third-order valence-electron chi connectivity index (χ3n) is 4.58. The third-order valence-corrected chi connectivity index (χ3v) is 5.52. The number of benzene rings is 1. The van der Waals surface area contributed by atoms with Gasteiger partial charge in [-0.25, -0.2) is 9.18 Å². The molecule has 0 fully saturated rings. The summed E-state index contributed by atoms with van der Waals surface area (Å²) in [5, 5.41) is 2.05. The van der Waals surface area contributed by atoms with E-state index in [2.05, 4.69) is 10.6 Å². The highest BCUT2D eigenvalue weighted by molar-refractivity contribution is 7.09. The normalized spacial score (nSPS) is 10.7. The number of ketones is 1. The summed E-state index contributed by atoms with van der Waals surface area (Å²) < 4.78 is 25.7. The Morgan fingerprint density at radius 3 is 2.62 bits per heavy atom. The highest BCUT2D eigenvalue weighted by Crippen LogP contribution is 2.19. The van der Waals surface area contributed by atoms with Crippen LogP contribution in [0.15, 0.2) is 47.8 Å². The predicted octanol–water partition coefficient (Wildman–Crippen LogP) is 4.35. The summed E-state index contributed by atoms with van der Waals surface area (Å²) >= 11 is 1.71. The maximum atomic E-state index is 13.5. The van der Waals surface area contributed by atoms with Gasteiger partial charge in [-0.3, -0.25) is 4.79 Å². The van der Waals surface area contributed by atoms with Gasteiger partial charge in [-0.15, -0.1) is 11.3 Å². The van der Waals surface area contributed by atoms with Crippen molar-refractivity contribution in [2.75, 3.05) is 13.2 Å². The fraction of sp³-hybridized carbons (Fsp3) is 0.273. The molecule has 29 heavy (non-hydrogen) atoms. The number of ether oxygens (including phenoxy) is 2. The van der Waals surface area contributed by atoms with Crippen molar-refractivity contribution in [1.29, 1.82) is 0 Å². The van der Waals surface area contributed by atoms with Crippen molar-refractivity contribution < 1.29 is 23.5 Å². The molecule has 3 aromatic rings. The third kappa shape index (κ3) is 5.32. The molecule has 0 unspecified atom stereocenters. The quantitative estimate of drug-likeness (QED) is 0.385. The number of hydrogen-bond donors (Lipinski definition) is 0. The smallest absolute Gasteiger partial charge is 0.344 e. The van der Waals surface area contributed by atoms with Crippen LogP contribution in [0.3, 0.4) is 0 Å². The minimum absolute atomic E-state index is 0.0370. The molecule has 0 saturated heterocycles. The van der Waals surface area contributed by atoms with Gasteiger partial charge in [-0.05, 0) is 49.9 Å². The molecule has 2 heterocycles. The van der Waals surface area contributed by atoms with Crippen molar-refractivity contribution in [2.45, 2.75) is 26.8 Å². The molecule has 152 valence electrons. The summed E-state index contributed by atoms with van der Waals surface area (Å²) in [5.41, 5.74) is 2.37. The predicted molar refractivity (Wildman–Crippen MR) is 109 cm³/mol. The molecule has 7 heteroatoms. The number of Topliss-reactive ketones (excluding diaryl/α,β-unsaturated/α-hetero) is 1. The van der Waals surface area contributed by atoms with E-state index in [1.165, 1.54) is 23.1 Å².